The third-order valence-corrected chi connectivity index (χ3v) is 2.20. The summed E-state index contributed by atoms with van der Waals surface area (Å²) in [6.07, 6.45) is -5.11. The molecular formula is C11H10F3NO4. The Morgan fingerprint density at radius 2 is 1.79 bits per heavy atom. The Morgan fingerprint density at radius 1 is 1.26 bits per heavy atom. The van der Waals surface area contributed by atoms with E-state index in [4.69, 9.17) is 5.11 Å². The van der Waals surface area contributed by atoms with Gasteiger partial charge in [0.25, 0.3) is 0 Å². The highest BCUT2D eigenvalue weighted by Crippen LogP contribution is 2.21. The molecule has 0 radical (unpaired) electrons. The van der Waals surface area contributed by atoms with Gasteiger partial charge in [0.15, 0.2) is 6.04 Å². The summed E-state index contributed by atoms with van der Waals surface area (Å²) in [5.74, 6) is -3.44. The van der Waals surface area contributed by atoms with Crippen molar-refractivity contribution in [3.8, 4) is 5.75 Å². The van der Waals surface area contributed by atoms with Gasteiger partial charge in [0.05, 0.1) is 7.11 Å². The molecule has 19 heavy (non-hydrogen) atoms. The minimum atomic E-state index is -5.11. The lowest BCUT2D eigenvalue weighted by Gasteiger charge is -2.17. The van der Waals surface area contributed by atoms with Crippen molar-refractivity contribution in [1.29, 1.82) is 0 Å². The number of phenols is 1. The van der Waals surface area contributed by atoms with E-state index < -0.39 is 24.1 Å². The number of esters is 1. The lowest BCUT2D eigenvalue weighted by atomic mass is 10.1. The van der Waals surface area contributed by atoms with Crippen LogP contribution in [0, 0.1) is 0 Å². The minimum absolute atomic E-state index is 0.0576. The second-order valence-electron chi connectivity index (χ2n) is 3.52. The van der Waals surface area contributed by atoms with Gasteiger partial charge in [-0.1, -0.05) is 12.1 Å². The molecular weight excluding hydrogens is 267 g/mol. The maximum absolute atomic E-state index is 12.2. The largest absolute Gasteiger partial charge is 0.508 e. The topological polar surface area (TPSA) is 75.6 Å². The van der Waals surface area contributed by atoms with Crippen LogP contribution in [-0.2, 0) is 14.3 Å². The highest BCUT2D eigenvalue weighted by atomic mass is 19.4. The molecule has 104 valence electrons. The van der Waals surface area contributed by atoms with Gasteiger partial charge in [-0.05, 0) is 17.7 Å². The Hall–Kier alpha value is -2.25. The van der Waals surface area contributed by atoms with E-state index in [1.165, 1.54) is 29.6 Å². The van der Waals surface area contributed by atoms with Crippen molar-refractivity contribution in [3.05, 3.63) is 29.8 Å². The first-order valence-electron chi connectivity index (χ1n) is 5.00. The SMILES string of the molecule is COC(=O)C(NC(=O)C(F)(F)F)c1ccc(O)cc1. The summed E-state index contributed by atoms with van der Waals surface area (Å²) in [4.78, 5) is 22.2. The second kappa shape index (κ2) is 5.59. The smallest absolute Gasteiger partial charge is 0.471 e. The third kappa shape index (κ3) is 3.87. The van der Waals surface area contributed by atoms with E-state index in [0.717, 1.165) is 7.11 Å². The third-order valence-electron chi connectivity index (χ3n) is 2.20. The molecule has 0 aliphatic rings. The Balaban J connectivity index is 2.99. The van der Waals surface area contributed by atoms with Crippen LogP contribution >= 0.6 is 0 Å². The summed E-state index contributed by atoms with van der Waals surface area (Å²) >= 11 is 0. The average Bonchev–Trinajstić information content (AvgIpc) is 2.35. The number of amides is 1. The lowest BCUT2D eigenvalue weighted by Crippen LogP contribution is -2.42. The van der Waals surface area contributed by atoms with Crippen molar-refractivity contribution in [2.45, 2.75) is 12.2 Å². The number of benzene rings is 1. The molecule has 1 aromatic carbocycles. The summed E-state index contributed by atoms with van der Waals surface area (Å²) in [5, 5.41) is 10.6. The fourth-order valence-electron chi connectivity index (χ4n) is 1.28. The lowest BCUT2D eigenvalue weighted by molar-refractivity contribution is -0.175. The molecule has 0 aliphatic heterocycles. The van der Waals surface area contributed by atoms with E-state index in [9.17, 15) is 22.8 Å². The number of alkyl halides is 3. The van der Waals surface area contributed by atoms with Crippen LogP contribution in [0.2, 0.25) is 0 Å². The highest BCUT2D eigenvalue weighted by molar-refractivity contribution is 5.88. The zero-order valence-corrected chi connectivity index (χ0v) is 9.69. The van der Waals surface area contributed by atoms with E-state index in [0.29, 0.717) is 0 Å². The number of phenolic OH excluding ortho intramolecular Hbond substituents is 1. The number of aromatic hydroxyl groups is 1. The highest BCUT2D eigenvalue weighted by Gasteiger charge is 2.41. The average molecular weight is 277 g/mol. The molecule has 0 saturated heterocycles. The number of ether oxygens (including phenoxy) is 1. The fourth-order valence-corrected chi connectivity index (χ4v) is 1.28. The first-order chi connectivity index (χ1) is 8.75. The van der Waals surface area contributed by atoms with Crippen LogP contribution in [0.25, 0.3) is 0 Å². The van der Waals surface area contributed by atoms with E-state index >= 15 is 0 Å². The first-order valence-corrected chi connectivity index (χ1v) is 5.00. The van der Waals surface area contributed by atoms with Crippen LogP contribution in [0.1, 0.15) is 11.6 Å². The van der Waals surface area contributed by atoms with Gasteiger partial charge in [-0.25, -0.2) is 4.79 Å². The van der Waals surface area contributed by atoms with Crippen molar-refractivity contribution in [2.75, 3.05) is 7.11 Å². The normalized spacial score (nSPS) is 12.6. The maximum atomic E-state index is 12.2. The molecule has 1 rings (SSSR count). The Kier molecular flexibility index (Phi) is 4.36. The van der Waals surface area contributed by atoms with Crippen LogP contribution < -0.4 is 5.32 Å². The van der Waals surface area contributed by atoms with Gasteiger partial charge in [0.2, 0.25) is 0 Å². The quantitative estimate of drug-likeness (QED) is 0.816. The number of carbonyl (C=O) groups is 2. The number of hydrogen-bond donors (Lipinski definition) is 2. The van der Waals surface area contributed by atoms with Crippen molar-refractivity contribution in [3.63, 3.8) is 0 Å². The summed E-state index contributed by atoms with van der Waals surface area (Å²) in [5.41, 5.74) is 0.0576. The summed E-state index contributed by atoms with van der Waals surface area (Å²) in [6, 6.07) is 3.15. The van der Waals surface area contributed by atoms with Crippen LogP contribution in [0.5, 0.6) is 5.75 Å². The molecule has 0 aromatic heterocycles. The zero-order valence-electron chi connectivity index (χ0n) is 9.69. The van der Waals surface area contributed by atoms with E-state index in [1.54, 1.807) is 0 Å². The molecule has 0 spiro atoms. The number of rotatable bonds is 3. The number of methoxy groups -OCH3 is 1. The number of halogens is 3. The molecule has 1 unspecified atom stereocenters. The van der Waals surface area contributed by atoms with Crippen molar-refractivity contribution in [2.24, 2.45) is 0 Å². The van der Waals surface area contributed by atoms with E-state index in [2.05, 4.69) is 4.74 Å². The molecule has 1 amide bonds. The fraction of sp³-hybridized carbons (Fsp3) is 0.273. The Labute approximate surface area is 106 Å². The predicted molar refractivity (Wildman–Crippen MR) is 57.1 cm³/mol. The van der Waals surface area contributed by atoms with Gasteiger partial charge >= 0.3 is 18.1 Å². The molecule has 8 heteroatoms. The molecule has 1 atom stereocenters. The molecule has 0 fully saturated rings. The van der Waals surface area contributed by atoms with Gasteiger partial charge in [-0.2, -0.15) is 13.2 Å². The molecule has 5 nitrogen and oxygen atoms in total. The van der Waals surface area contributed by atoms with Crippen molar-refractivity contribution < 1.29 is 32.6 Å². The first kappa shape index (κ1) is 14.8. The molecule has 0 bridgehead atoms. The molecule has 2 N–H and O–H groups in total. The van der Waals surface area contributed by atoms with Gasteiger partial charge in [0, 0.05) is 0 Å². The van der Waals surface area contributed by atoms with Crippen molar-refractivity contribution in [1.82, 2.24) is 5.32 Å². The second-order valence-corrected chi connectivity index (χ2v) is 3.52. The zero-order chi connectivity index (χ0) is 14.6. The summed E-state index contributed by atoms with van der Waals surface area (Å²) in [7, 11) is 0.982. The minimum Gasteiger partial charge on any atom is -0.508 e. The van der Waals surface area contributed by atoms with Crippen molar-refractivity contribution >= 4 is 11.9 Å². The van der Waals surface area contributed by atoms with Crippen LogP contribution in [-0.4, -0.2) is 30.3 Å². The van der Waals surface area contributed by atoms with Gasteiger partial charge in [-0.15, -0.1) is 0 Å². The Bertz CT molecular complexity index is 470. The Morgan fingerprint density at radius 3 is 2.21 bits per heavy atom. The van der Waals surface area contributed by atoms with E-state index in [-0.39, 0.29) is 11.3 Å². The molecule has 1 aromatic rings. The maximum Gasteiger partial charge on any atom is 0.471 e. The number of hydrogen-bond acceptors (Lipinski definition) is 4. The molecule has 0 saturated carbocycles. The van der Waals surface area contributed by atoms with E-state index in [1.807, 2.05) is 0 Å². The predicted octanol–water partition coefficient (Wildman–Crippen LogP) is 1.28. The van der Waals surface area contributed by atoms with Crippen LogP contribution in [0.4, 0.5) is 13.2 Å². The van der Waals surface area contributed by atoms with Gasteiger partial charge < -0.3 is 15.2 Å². The standard InChI is InChI=1S/C11H10F3NO4/c1-19-9(17)8(15-10(18)11(12,13)14)6-2-4-7(16)5-3-6/h2-5,8,16H,1H3,(H,15,18). The number of carbonyl (C=O) groups excluding carboxylic acids is 2. The van der Waals surface area contributed by atoms with Gasteiger partial charge in [0.1, 0.15) is 5.75 Å². The summed E-state index contributed by atoms with van der Waals surface area (Å²) < 4.78 is 40.8. The van der Waals surface area contributed by atoms with Crippen LogP contribution in [0.3, 0.4) is 0 Å². The summed E-state index contributed by atoms with van der Waals surface area (Å²) in [6.45, 7) is 0. The number of nitrogens with one attached hydrogen (secondary N) is 1. The van der Waals surface area contributed by atoms with Gasteiger partial charge in [-0.3, -0.25) is 4.79 Å². The monoisotopic (exact) mass is 277 g/mol. The molecule has 0 aliphatic carbocycles. The van der Waals surface area contributed by atoms with Crippen LogP contribution in [0.15, 0.2) is 24.3 Å². The molecule has 0 heterocycles.